The minimum Gasteiger partial charge on any atom is -0.444 e. The predicted octanol–water partition coefficient (Wildman–Crippen LogP) is 5.17. The molecule has 4 N–H and O–H groups in total. The molecule has 2 aromatic heterocycles. The average molecular weight is 636 g/mol. The summed E-state index contributed by atoms with van der Waals surface area (Å²) in [6.45, 7) is 10.2. The second kappa shape index (κ2) is 12.4. The Bertz CT molecular complexity index is 1160. The number of aliphatic hydroxyl groups is 1. The van der Waals surface area contributed by atoms with Crippen LogP contribution in [-0.4, -0.2) is 62.1 Å². The van der Waals surface area contributed by atoms with Crippen molar-refractivity contribution >= 4 is 50.1 Å². The lowest BCUT2D eigenvalue weighted by molar-refractivity contribution is 0.0201. The lowest BCUT2D eigenvalue weighted by atomic mass is 10.0. The van der Waals surface area contributed by atoms with Crippen LogP contribution in [0.15, 0.2) is 10.1 Å². The van der Waals surface area contributed by atoms with Gasteiger partial charge in [-0.15, -0.1) is 0 Å². The van der Waals surface area contributed by atoms with Gasteiger partial charge in [0.05, 0.1) is 30.2 Å². The van der Waals surface area contributed by atoms with Crippen molar-refractivity contribution in [3.63, 3.8) is 0 Å². The Morgan fingerprint density at radius 1 is 1.21 bits per heavy atom. The van der Waals surface area contributed by atoms with Gasteiger partial charge in [0, 0.05) is 7.05 Å². The van der Waals surface area contributed by atoms with E-state index in [1.165, 1.54) is 6.20 Å². The maximum Gasteiger partial charge on any atom is 0.412 e. The van der Waals surface area contributed by atoms with Crippen molar-refractivity contribution in [3.8, 4) is 0 Å². The third kappa shape index (κ3) is 9.01. The number of alkyl halides is 1. The largest absolute Gasteiger partial charge is 0.444 e. The maximum absolute atomic E-state index is 14.9. The second-order valence-electron chi connectivity index (χ2n) is 11.1. The molecule has 2 amide bonds. The van der Waals surface area contributed by atoms with Gasteiger partial charge in [0.1, 0.15) is 34.2 Å². The summed E-state index contributed by atoms with van der Waals surface area (Å²) in [5.41, 5.74) is -0.219. The summed E-state index contributed by atoms with van der Waals surface area (Å²) < 4.78 is 33.3. The van der Waals surface area contributed by atoms with Gasteiger partial charge in [0.25, 0.3) is 0 Å². The topological polar surface area (TPSA) is 149 Å². The molecule has 2 aromatic rings. The molecule has 1 saturated heterocycles. The van der Waals surface area contributed by atoms with E-state index in [0.29, 0.717) is 33.1 Å². The van der Waals surface area contributed by atoms with Crippen LogP contribution in [0.2, 0.25) is 0 Å². The Morgan fingerprint density at radius 2 is 1.85 bits per heavy atom. The number of nitrogens with zero attached hydrogens (tertiary/aromatic N) is 3. The first-order valence-electron chi connectivity index (χ1n) is 12.4. The molecule has 0 radical (unpaired) electrons. The van der Waals surface area contributed by atoms with Gasteiger partial charge < -0.3 is 30.0 Å². The van der Waals surface area contributed by atoms with Crippen LogP contribution in [0.25, 0.3) is 0 Å². The fraction of sp³-hybridized carbons (Fsp3) is 0.667. The number of alkyl carbamates (subject to hydrolysis) is 1. The third-order valence-corrected chi connectivity index (χ3v) is 6.86. The average Bonchev–Trinajstić information content (AvgIpc) is 3.26. The zero-order valence-corrected chi connectivity index (χ0v) is 25.4. The van der Waals surface area contributed by atoms with Crippen molar-refractivity contribution in [2.45, 2.75) is 90.1 Å². The summed E-state index contributed by atoms with van der Waals surface area (Å²) >= 11 is 4.41. The van der Waals surface area contributed by atoms with Crippen molar-refractivity contribution in [1.29, 1.82) is 0 Å². The number of carbonyl (C=O) groups excluding carboxylic acids is 2. The van der Waals surface area contributed by atoms with Crippen LogP contribution in [0.3, 0.4) is 0 Å². The summed E-state index contributed by atoms with van der Waals surface area (Å²) in [4.78, 5) is 28.8. The van der Waals surface area contributed by atoms with Crippen LogP contribution in [-0.2, 0) is 21.3 Å². The van der Waals surface area contributed by atoms with E-state index in [2.05, 4.69) is 42.0 Å². The lowest BCUT2D eigenvalue weighted by Gasteiger charge is -2.24. The molecule has 12 nitrogen and oxygen atoms in total. The van der Waals surface area contributed by atoms with Crippen molar-refractivity contribution in [3.05, 3.63) is 21.5 Å². The molecular weight excluding hydrogens is 599 g/mol. The Labute approximate surface area is 239 Å². The number of hydrogen-bond donors (Lipinski definition) is 4. The van der Waals surface area contributed by atoms with E-state index in [9.17, 15) is 19.1 Å². The summed E-state index contributed by atoms with van der Waals surface area (Å²) in [6.07, 6.45) is -2.54. The first-order valence-corrected chi connectivity index (χ1v) is 14.0. The Balaban J connectivity index is 1.72. The Morgan fingerprint density at radius 3 is 2.49 bits per heavy atom. The van der Waals surface area contributed by atoms with Gasteiger partial charge in [-0.25, -0.2) is 19.0 Å². The van der Waals surface area contributed by atoms with E-state index in [1.54, 1.807) is 53.3 Å². The predicted molar refractivity (Wildman–Crippen MR) is 147 cm³/mol. The van der Waals surface area contributed by atoms with Crippen molar-refractivity contribution < 1.29 is 33.3 Å². The number of aliphatic hydroxyl groups excluding tert-OH is 1. The Hall–Kier alpha value is -2.49. The quantitative estimate of drug-likeness (QED) is 0.316. The van der Waals surface area contributed by atoms with Gasteiger partial charge in [0.15, 0.2) is 10.1 Å². The summed E-state index contributed by atoms with van der Waals surface area (Å²) in [7, 11) is 1.71. The summed E-state index contributed by atoms with van der Waals surface area (Å²) in [5, 5.41) is 23.7. The maximum atomic E-state index is 14.9. The minimum absolute atomic E-state index is 0.166. The third-order valence-electron chi connectivity index (χ3n) is 5.42. The van der Waals surface area contributed by atoms with Gasteiger partial charge in [0.2, 0.25) is 0 Å². The first-order chi connectivity index (χ1) is 18.0. The number of nitrogens with one attached hydrogen (secondary N) is 3. The number of anilines is 2. The molecule has 1 aliphatic heterocycles. The molecule has 3 rings (SSSR count). The molecule has 218 valence electrons. The number of aryl methyl sites for hydroxylation is 1. The van der Waals surface area contributed by atoms with Gasteiger partial charge in [-0.3, -0.25) is 10.00 Å². The van der Waals surface area contributed by atoms with Gasteiger partial charge in [-0.1, -0.05) is 11.3 Å². The Kier molecular flexibility index (Phi) is 9.83. The molecule has 0 spiro atoms. The molecule has 3 heterocycles. The molecule has 4 atom stereocenters. The molecular formula is C24H36BrFN6O6S. The van der Waals surface area contributed by atoms with E-state index < -0.39 is 47.9 Å². The van der Waals surface area contributed by atoms with Gasteiger partial charge in [-0.2, -0.15) is 5.10 Å². The fourth-order valence-electron chi connectivity index (χ4n) is 3.89. The van der Waals surface area contributed by atoms with Crippen LogP contribution in [0.1, 0.15) is 78.1 Å². The molecule has 39 heavy (non-hydrogen) atoms. The first kappa shape index (κ1) is 31.0. The van der Waals surface area contributed by atoms with E-state index in [1.807, 2.05) is 0 Å². The van der Waals surface area contributed by atoms with E-state index in [-0.39, 0.29) is 12.3 Å². The molecule has 0 saturated carbocycles. The van der Waals surface area contributed by atoms with Crippen molar-refractivity contribution in [1.82, 2.24) is 20.1 Å². The van der Waals surface area contributed by atoms with Gasteiger partial charge in [-0.05, 0) is 70.3 Å². The van der Waals surface area contributed by atoms with Crippen molar-refractivity contribution in [2.75, 3.05) is 17.2 Å². The number of hydrogen-bond acceptors (Lipinski definition) is 10. The molecule has 0 aliphatic carbocycles. The highest BCUT2D eigenvalue weighted by Crippen LogP contribution is 2.37. The zero-order chi connectivity index (χ0) is 29.1. The molecule has 1 aliphatic rings. The van der Waals surface area contributed by atoms with Crippen LogP contribution >= 0.6 is 27.3 Å². The second-order valence-corrected chi connectivity index (χ2v) is 13.4. The number of rotatable bonds is 6. The van der Waals surface area contributed by atoms with E-state index >= 15 is 0 Å². The molecule has 4 unspecified atom stereocenters. The highest BCUT2D eigenvalue weighted by molar-refractivity contribution is 9.11. The number of carbonyl (C=O) groups is 2. The smallest absolute Gasteiger partial charge is 0.412 e. The van der Waals surface area contributed by atoms with Crippen LogP contribution in [0.4, 0.5) is 24.7 Å². The number of ether oxygens (including phenoxy) is 3. The number of aromatic nitrogens is 3. The van der Waals surface area contributed by atoms with Crippen LogP contribution in [0, 0.1) is 0 Å². The normalized spacial score (nSPS) is 21.0. The SMILES string of the molecule is Cn1ncc(NC(O)c2nc(Br)sc2NC(=O)OC(C)(C)C)c1C1CCC(NC(=O)OC(C)(C)C)C(F)CO1. The number of amides is 2. The van der Waals surface area contributed by atoms with Crippen LogP contribution in [0.5, 0.6) is 0 Å². The highest BCUT2D eigenvalue weighted by atomic mass is 79.9. The van der Waals surface area contributed by atoms with E-state index in [4.69, 9.17) is 14.2 Å². The molecule has 0 aromatic carbocycles. The molecule has 0 bridgehead atoms. The molecule has 1 fully saturated rings. The zero-order valence-electron chi connectivity index (χ0n) is 23.0. The molecule has 15 heteroatoms. The monoisotopic (exact) mass is 634 g/mol. The number of halogens is 2. The summed E-state index contributed by atoms with van der Waals surface area (Å²) in [5.74, 6) is 0. The summed E-state index contributed by atoms with van der Waals surface area (Å²) in [6, 6.07) is -0.783. The van der Waals surface area contributed by atoms with Crippen LogP contribution < -0.4 is 16.0 Å². The highest BCUT2D eigenvalue weighted by Gasteiger charge is 2.34. The van der Waals surface area contributed by atoms with E-state index in [0.717, 1.165) is 11.3 Å². The number of thiazole rings is 1. The lowest BCUT2D eigenvalue weighted by Crippen LogP contribution is -2.44. The minimum atomic E-state index is -1.44. The standard InChI is InChI=1S/C24H36BrFN6O6S/c1-23(2,3)37-21(34)29-13-8-9-15(36-11-12(13)26)17-14(10-27-32(17)7)28-18(33)16-19(39-20(25)30-16)31-22(35)38-24(4,5)6/h10,12-13,15,18,28,33H,8-9,11H2,1-7H3,(H,29,34)(H,31,35). The van der Waals surface area contributed by atoms with Gasteiger partial charge >= 0.3 is 12.2 Å². The fourth-order valence-corrected chi connectivity index (χ4v) is 5.27. The van der Waals surface area contributed by atoms with Crippen molar-refractivity contribution in [2.24, 2.45) is 7.05 Å².